The molecule has 0 spiro atoms. The van der Waals surface area contributed by atoms with Crippen LogP contribution in [0.25, 0.3) is 11.4 Å². The van der Waals surface area contributed by atoms with E-state index >= 15 is 0 Å². The van der Waals surface area contributed by atoms with Gasteiger partial charge < -0.3 is 14.0 Å². The first-order valence-corrected chi connectivity index (χ1v) is 10.1. The summed E-state index contributed by atoms with van der Waals surface area (Å²) in [6.07, 6.45) is 0.244. The van der Waals surface area contributed by atoms with E-state index < -0.39 is 0 Å². The van der Waals surface area contributed by atoms with Gasteiger partial charge in [-0.05, 0) is 30.2 Å². The molecule has 2 heterocycles. The molecule has 1 fully saturated rings. The minimum Gasteiger partial charge on any atom is -0.497 e. The van der Waals surface area contributed by atoms with E-state index in [1.165, 1.54) is 0 Å². The van der Waals surface area contributed by atoms with Gasteiger partial charge in [-0.15, -0.1) is 10.2 Å². The largest absolute Gasteiger partial charge is 0.497 e. The molecule has 0 unspecified atom stereocenters. The standard InChI is InChI=1S/C19H28N4O2S/c1-14(2)11-23-9-10-25-17(12-23)13-26-19-21-20-18(22(19)3)15-5-7-16(24-4)8-6-15/h5-8,14,17H,9-13H2,1-4H3/t17-/m1/s1. The highest BCUT2D eigenvalue weighted by Gasteiger charge is 2.22. The number of thioether (sulfide) groups is 1. The third kappa shape index (κ3) is 4.78. The zero-order valence-electron chi connectivity index (χ0n) is 16.0. The molecule has 2 aromatic rings. The normalized spacial score (nSPS) is 18.4. The van der Waals surface area contributed by atoms with Crippen LogP contribution in [0.3, 0.4) is 0 Å². The van der Waals surface area contributed by atoms with Gasteiger partial charge in [0.05, 0.1) is 19.8 Å². The fourth-order valence-electron chi connectivity index (χ4n) is 3.16. The molecule has 0 aliphatic carbocycles. The van der Waals surface area contributed by atoms with Crippen molar-refractivity contribution >= 4 is 11.8 Å². The Balaban J connectivity index is 1.59. The number of nitrogens with zero attached hydrogens (tertiary/aromatic N) is 4. The number of morpholine rings is 1. The van der Waals surface area contributed by atoms with Crippen molar-refractivity contribution in [3.05, 3.63) is 24.3 Å². The molecule has 6 nitrogen and oxygen atoms in total. The second kappa shape index (κ2) is 8.88. The van der Waals surface area contributed by atoms with Crippen LogP contribution in [0.4, 0.5) is 0 Å². The van der Waals surface area contributed by atoms with Gasteiger partial charge in [-0.25, -0.2) is 0 Å². The van der Waals surface area contributed by atoms with Gasteiger partial charge in [0.2, 0.25) is 0 Å². The Hall–Kier alpha value is -1.57. The summed E-state index contributed by atoms with van der Waals surface area (Å²) in [5, 5.41) is 9.64. The van der Waals surface area contributed by atoms with Crippen molar-refractivity contribution in [3.8, 4) is 17.1 Å². The number of hydrogen-bond acceptors (Lipinski definition) is 6. The average molecular weight is 377 g/mol. The van der Waals surface area contributed by atoms with Crippen molar-refractivity contribution in [1.29, 1.82) is 0 Å². The van der Waals surface area contributed by atoms with E-state index in [2.05, 4.69) is 28.9 Å². The molecule has 0 bridgehead atoms. The van der Waals surface area contributed by atoms with E-state index in [0.717, 1.165) is 54.3 Å². The minimum absolute atomic E-state index is 0.244. The lowest BCUT2D eigenvalue weighted by Gasteiger charge is -2.33. The average Bonchev–Trinajstić information content (AvgIpc) is 3.00. The van der Waals surface area contributed by atoms with Gasteiger partial charge in [-0.2, -0.15) is 0 Å². The van der Waals surface area contributed by atoms with E-state index in [1.54, 1.807) is 18.9 Å². The highest BCUT2D eigenvalue weighted by molar-refractivity contribution is 7.99. The second-order valence-electron chi connectivity index (χ2n) is 7.05. The van der Waals surface area contributed by atoms with Crippen molar-refractivity contribution < 1.29 is 9.47 Å². The van der Waals surface area contributed by atoms with Gasteiger partial charge in [0.25, 0.3) is 0 Å². The highest BCUT2D eigenvalue weighted by atomic mass is 32.2. The van der Waals surface area contributed by atoms with Gasteiger partial charge in [0, 0.05) is 38.0 Å². The molecule has 0 saturated carbocycles. The molecule has 26 heavy (non-hydrogen) atoms. The highest BCUT2D eigenvalue weighted by Crippen LogP contribution is 2.25. The molecule has 142 valence electrons. The summed E-state index contributed by atoms with van der Waals surface area (Å²) in [4.78, 5) is 2.50. The molecular formula is C19H28N4O2S. The van der Waals surface area contributed by atoms with Crippen LogP contribution in [-0.4, -0.2) is 64.9 Å². The maximum Gasteiger partial charge on any atom is 0.191 e. The quantitative estimate of drug-likeness (QED) is 0.693. The molecule has 0 amide bonds. The maximum absolute atomic E-state index is 5.93. The topological polar surface area (TPSA) is 52.4 Å². The summed E-state index contributed by atoms with van der Waals surface area (Å²) in [7, 11) is 3.68. The summed E-state index contributed by atoms with van der Waals surface area (Å²) in [5.41, 5.74) is 1.03. The van der Waals surface area contributed by atoms with E-state index in [0.29, 0.717) is 5.92 Å². The third-order valence-electron chi connectivity index (χ3n) is 4.43. The minimum atomic E-state index is 0.244. The molecule has 3 rings (SSSR count). The molecular weight excluding hydrogens is 348 g/mol. The van der Waals surface area contributed by atoms with Crippen molar-refractivity contribution in [2.75, 3.05) is 39.1 Å². The van der Waals surface area contributed by atoms with Crippen LogP contribution in [-0.2, 0) is 11.8 Å². The monoisotopic (exact) mass is 376 g/mol. The summed E-state index contributed by atoms with van der Waals surface area (Å²) in [6, 6.07) is 7.89. The Morgan fingerprint density at radius 3 is 2.73 bits per heavy atom. The van der Waals surface area contributed by atoms with Crippen LogP contribution in [0.1, 0.15) is 13.8 Å². The number of aromatic nitrogens is 3. The SMILES string of the molecule is COc1ccc(-c2nnc(SC[C@H]3CN(CC(C)C)CCO3)n2C)cc1. The first-order chi connectivity index (χ1) is 12.6. The molecule has 1 saturated heterocycles. The number of rotatable bonds is 7. The van der Waals surface area contributed by atoms with Crippen LogP contribution in [0.5, 0.6) is 5.75 Å². The molecule has 0 N–H and O–H groups in total. The fraction of sp³-hybridized carbons (Fsp3) is 0.579. The molecule has 1 aromatic carbocycles. The van der Waals surface area contributed by atoms with Crippen LogP contribution < -0.4 is 4.74 Å². The first-order valence-electron chi connectivity index (χ1n) is 9.07. The Morgan fingerprint density at radius 2 is 2.04 bits per heavy atom. The lowest BCUT2D eigenvalue weighted by Crippen LogP contribution is -2.44. The molecule has 1 aliphatic heterocycles. The smallest absolute Gasteiger partial charge is 0.191 e. The Bertz CT molecular complexity index is 702. The molecule has 1 atom stereocenters. The molecule has 1 aliphatic rings. The van der Waals surface area contributed by atoms with E-state index in [-0.39, 0.29) is 6.10 Å². The third-order valence-corrected chi connectivity index (χ3v) is 5.58. The predicted octanol–water partition coefficient (Wildman–Crippen LogP) is 2.94. The van der Waals surface area contributed by atoms with Gasteiger partial charge in [0.1, 0.15) is 5.75 Å². The number of ether oxygens (including phenoxy) is 2. The van der Waals surface area contributed by atoms with Crippen molar-refractivity contribution in [3.63, 3.8) is 0 Å². The molecule has 0 radical (unpaired) electrons. The molecule has 1 aromatic heterocycles. The Morgan fingerprint density at radius 1 is 1.27 bits per heavy atom. The maximum atomic E-state index is 5.93. The first kappa shape index (κ1) is 19.2. The van der Waals surface area contributed by atoms with Crippen LogP contribution >= 0.6 is 11.8 Å². The van der Waals surface area contributed by atoms with E-state index in [4.69, 9.17) is 9.47 Å². The fourth-order valence-corrected chi connectivity index (χ4v) is 4.08. The molecule has 7 heteroatoms. The van der Waals surface area contributed by atoms with Crippen LogP contribution in [0.2, 0.25) is 0 Å². The van der Waals surface area contributed by atoms with Crippen LogP contribution in [0.15, 0.2) is 29.4 Å². The van der Waals surface area contributed by atoms with Crippen molar-refractivity contribution in [2.45, 2.75) is 25.1 Å². The summed E-state index contributed by atoms with van der Waals surface area (Å²) in [6.45, 7) is 8.50. The zero-order chi connectivity index (χ0) is 18.5. The van der Waals surface area contributed by atoms with Gasteiger partial charge in [0.15, 0.2) is 11.0 Å². The lowest BCUT2D eigenvalue weighted by atomic mass is 10.2. The number of hydrogen-bond donors (Lipinski definition) is 0. The Kier molecular flexibility index (Phi) is 6.56. The van der Waals surface area contributed by atoms with Gasteiger partial charge in [-0.1, -0.05) is 25.6 Å². The van der Waals surface area contributed by atoms with Crippen molar-refractivity contribution in [1.82, 2.24) is 19.7 Å². The van der Waals surface area contributed by atoms with Gasteiger partial charge in [-0.3, -0.25) is 4.90 Å². The van der Waals surface area contributed by atoms with E-state index in [9.17, 15) is 0 Å². The predicted molar refractivity (Wildman–Crippen MR) is 105 cm³/mol. The van der Waals surface area contributed by atoms with E-state index in [1.807, 2.05) is 35.9 Å². The summed E-state index contributed by atoms with van der Waals surface area (Å²) < 4.78 is 13.2. The van der Waals surface area contributed by atoms with Crippen LogP contribution in [0, 0.1) is 5.92 Å². The Labute approximate surface area is 159 Å². The van der Waals surface area contributed by atoms with Gasteiger partial charge >= 0.3 is 0 Å². The van der Waals surface area contributed by atoms with Crippen molar-refractivity contribution in [2.24, 2.45) is 13.0 Å². The number of methoxy groups -OCH3 is 1. The summed E-state index contributed by atoms with van der Waals surface area (Å²) >= 11 is 1.71. The second-order valence-corrected chi connectivity index (χ2v) is 8.04. The summed E-state index contributed by atoms with van der Waals surface area (Å²) in [5.74, 6) is 3.28. The lowest BCUT2D eigenvalue weighted by molar-refractivity contribution is -0.0191. The zero-order valence-corrected chi connectivity index (χ0v) is 16.8. The number of benzene rings is 1.